The molecule has 8 N–H and O–H groups in total. The van der Waals surface area contributed by atoms with E-state index in [1.807, 2.05) is 0 Å². The van der Waals surface area contributed by atoms with Crippen LogP contribution < -0.4 is 17.6 Å². The van der Waals surface area contributed by atoms with Crippen LogP contribution in [0.3, 0.4) is 0 Å². The highest BCUT2D eigenvalue weighted by atomic mass is 32.2. The van der Waals surface area contributed by atoms with Crippen LogP contribution >= 0.6 is 0 Å². The number of amides is 2. The summed E-state index contributed by atoms with van der Waals surface area (Å²) in [6, 6.07) is 0. The van der Waals surface area contributed by atoms with E-state index in [4.69, 9.17) is 4.55 Å². The highest BCUT2D eigenvalue weighted by Crippen LogP contribution is 2.02. The first-order valence-corrected chi connectivity index (χ1v) is 4.29. The second-order valence-corrected chi connectivity index (χ2v) is 3.68. The van der Waals surface area contributed by atoms with Crippen molar-refractivity contribution in [2.24, 2.45) is 11.5 Å². The molecular formula is C4H11N3O5S. The van der Waals surface area contributed by atoms with Crippen molar-refractivity contribution >= 4 is 21.9 Å². The molecule has 0 bridgehead atoms. The molecule has 0 aromatic rings. The number of nitrogens with two attached hydrogens (primary N) is 2. The van der Waals surface area contributed by atoms with Crippen molar-refractivity contribution in [3.05, 3.63) is 0 Å². The van der Waals surface area contributed by atoms with Crippen LogP contribution in [0.1, 0.15) is 6.42 Å². The van der Waals surface area contributed by atoms with Crippen molar-refractivity contribution in [2.75, 3.05) is 0 Å². The first-order valence-electron chi connectivity index (χ1n) is 2.79. The molecule has 0 aliphatic rings. The number of carbonyl (C=O) groups is 2. The molecule has 0 aliphatic carbocycles. The van der Waals surface area contributed by atoms with Gasteiger partial charge in [0.15, 0.2) is 5.25 Å². The molecule has 9 heteroatoms. The minimum Gasteiger partial charge on any atom is -0.370 e. The predicted molar refractivity (Wildman–Crippen MR) is 43.4 cm³/mol. The normalized spacial score (nSPS) is 12.7. The summed E-state index contributed by atoms with van der Waals surface area (Å²) in [5.41, 5.74) is 9.19. The van der Waals surface area contributed by atoms with Crippen LogP contribution in [0.5, 0.6) is 0 Å². The van der Waals surface area contributed by atoms with E-state index in [1.54, 1.807) is 0 Å². The fourth-order valence-electron chi connectivity index (χ4n) is 0.535. The van der Waals surface area contributed by atoms with E-state index in [2.05, 4.69) is 11.5 Å². The largest absolute Gasteiger partial charge is 0.370 e. The fourth-order valence-corrected chi connectivity index (χ4v) is 1.20. The van der Waals surface area contributed by atoms with Crippen molar-refractivity contribution < 1.29 is 22.6 Å². The van der Waals surface area contributed by atoms with Gasteiger partial charge in [-0.15, -0.1) is 0 Å². The third kappa shape index (κ3) is 5.11. The van der Waals surface area contributed by atoms with Gasteiger partial charge in [0.2, 0.25) is 11.8 Å². The summed E-state index contributed by atoms with van der Waals surface area (Å²) in [5, 5.41) is -1.95. The monoisotopic (exact) mass is 213 g/mol. The zero-order chi connectivity index (χ0) is 9.94. The SMILES string of the molecule is N.NC(=O)CC(C(N)=O)S(=O)(=O)O. The Bertz CT molecular complexity index is 297. The zero-order valence-electron chi connectivity index (χ0n) is 6.63. The smallest absolute Gasteiger partial charge is 0.277 e. The second-order valence-electron chi connectivity index (χ2n) is 2.08. The minimum atomic E-state index is -4.63. The first kappa shape index (κ1) is 14.3. The molecular weight excluding hydrogens is 202 g/mol. The number of rotatable bonds is 4. The number of carbonyl (C=O) groups excluding carboxylic acids is 2. The maximum atomic E-state index is 10.4. The molecule has 13 heavy (non-hydrogen) atoms. The number of primary amides is 2. The molecule has 0 radical (unpaired) electrons. The molecule has 1 atom stereocenters. The van der Waals surface area contributed by atoms with Gasteiger partial charge in [0.1, 0.15) is 0 Å². The molecule has 2 amide bonds. The highest BCUT2D eigenvalue weighted by Gasteiger charge is 2.30. The van der Waals surface area contributed by atoms with E-state index in [1.165, 1.54) is 0 Å². The molecule has 78 valence electrons. The van der Waals surface area contributed by atoms with Crippen molar-refractivity contribution in [3.63, 3.8) is 0 Å². The Morgan fingerprint density at radius 3 is 1.77 bits per heavy atom. The molecule has 0 aliphatic heterocycles. The van der Waals surface area contributed by atoms with Gasteiger partial charge in [0, 0.05) is 0 Å². The predicted octanol–water partition coefficient (Wildman–Crippen LogP) is -2.23. The van der Waals surface area contributed by atoms with Gasteiger partial charge in [-0.05, 0) is 0 Å². The van der Waals surface area contributed by atoms with Gasteiger partial charge in [0.05, 0.1) is 6.42 Å². The molecule has 8 nitrogen and oxygen atoms in total. The topological polar surface area (TPSA) is 176 Å². The summed E-state index contributed by atoms with van der Waals surface area (Å²) >= 11 is 0. The average Bonchev–Trinajstić information content (AvgIpc) is 1.79. The van der Waals surface area contributed by atoms with Gasteiger partial charge in [-0.2, -0.15) is 8.42 Å². The maximum Gasteiger partial charge on any atom is 0.277 e. The van der Waals surface area contributed by atoms with Crippen molar-refractivity contribution in [1.29, 1.82) is 0 Å². The van der Waals surface area contributed by atoms with Gasteiger partial charge < -0.3 is 17.6 Å². The molecule has 0 spiro atoms. The Kier molecular flexibility index (Phi) is 5.23. The van der Waals surface area contributed by atoms with Crippen LogP contribution in [0, 0.1) is 0 Å². The van der Waals surface area contributed by atoms with Gasteiger partial charge in [0.25, 0.3) is 10.1 Å². The second kappa shape index (κ2) is 4.74. The third-order valence-electron chi connectivity index (χ3n) is 1.06. The number of hydrogen-bond donors (Lipinski definition) is 4. The lowest BCUT2D eigenvalue weighted by Gasteiger charge is -2.06. The molecule has 0 saturated heterocycles. The minimum absolute atomic E-state index is 0. The van der Waals surface area contributed by atoms with Crippen LogP contribution in [-0.2, 0) is 19.7 Å². The zero-order valence-corrected chi connectivity index (χ0v) is 7.45. The lowest BCUT2D eigenvalue weighted by atomic mass is 10.3. The van der Waals surface area contributed by atoms with Crippen molar-refractivity contribution in [2.45, 2.75) is 11.7 Å². The van der Waals surface area contributed by atoms with Crippen LogP contribution in [0.15, 0.2) is 0 Å². The van der Waals surface area contributed by atoms with Crippen LogP contribution in [0.4, 0.5) is 0 Å². The van der Waals surface area contributed by atoms with E-state index in [0.29, 0.717) is 0 Å². The molecule has 0 heterocycles. The summed E-state index contributed by atoms with van der Waals surface area (Å²) in [4.78, 5) is 20.6. The van der Waals surface area contributed by atoms with E-state index >= 15 is 0 Å². The lowest BCUT2D eigenvalue weighted by Crippen LogP contribution is -2.38. The summed E-state index contributed by atoms with van der Waals surface area (Å²) in [5.74, 6) is -2.34. The Hall–Kier alpha value is -1.19. The number of hydrogen-bond acceptors (Lipinski definition) is 5. The Morgan fingerprint density at radius 2 is 1.69 bits per heavy atom. The summed E-state index contributed by atoms with van der Waals surface area (Å²) in [7, 11) is -4.63. The molecule has 0 rings (SSSR count). The molecule has 0 aromatic carbocycles. The van der Waals surface area contributed by atoms with Gasteiger partial charge in [-0.1, -0.05) is 0 Å². The van der Waals surface area contributed by atoms with Gasteiger partial charge in [-0.25, -0.2) is 0 Å². The molecule has 0 saturated carbocycles. The van der Waals surface area contributed by atoms with Gasteiger partial charge >= 0.3 is 0 Å². The van der Waals surface area contributed by atoms with E-state index in [0.717, 1.165) is 0 Å². The van der Waals surface area contributed by atoms with Crippen molar-refractivity contribution in [1.82, 2.24) is 6.15 Å². The van der Waals surface area contributed by atoms with E-state index < -0.39 is 33.6 Å². The quantitative estimate of drug-likeness (QED) is 0.384. The fraction of sp³-hybridized carbons (Fsp3) is 0.500. The van der Waals surface area contributed by atoms with Crippen LogP contribution in [0.25, 0.3) is 0 Å². The molecule has 1 unspecified atom stereocenters. The Morgan fingerprint density at radius 1 is 1.31 bits per heavy atom. The average molecular weight is 213 g/mol. The van der Waals surface area contributed by atoms with Crippen molar-refractivity contribution in [3.8, 4) is 0 Å². The first-order chi connectivity index (χ1) is 5.25. The summed E-state index contributed by atoms with van der Waals surface area (Å²) in [6.45, 7) is 0. The third-order valence-corrected chi connectivity index (χ3v) is 2.18. The lowest BCUT2D eigenvalue weighted by molar-refractivity contribution is -0.123. The van der Waals surface area contributed by atoms with Crippen LogP contribution in [-0.4, -0.2) is 30.0 Å². The maximum absolute atomic E-state index is 10.4. The van der Waals surface area contributed by atoms with E-state index in [9.17, 15) is 18.0 Å². The Labute approximate surface area is 74.6 Å². The van der Waals surface area contributed by atoms with Gasteiger partial charge in [-0.3, -0.25) is 14.1 Å². The van der Waals surface area contributed by atoms with Crippen LogP contribution in [0.2, 0.25) is 0 Å². The summed E-state index contributed by atoms with van der Waals surface area (Å²) in [6.07, 6.45) is -0.811. The highest BCUT2D eigenvalue weighted by molar-refractivity contribution is 7.87. The molecule has 0 aromatic heterocycles. The Balaban J connectivity index is 0. The molecule has 0 fully saturated rings. The summed E-state index contributed by atoms with van der Waals surface area (Å²) < 4.78 is 29.1. The standard InChI is InChI=1S/C4H8N2O5S.H3N/c5-3(7)1-2(4(6)8)12(9,10)11;/h2H,1H2,(H2,5,7)(H2,6,8)(H,9,10,11);1H3. The van der Waals surface area contributed by atoms with E-state index in [-0.39, 0.29) is 6.15 Å².